The molecule has 38 heavy (non-hydrogen) atoms. The van der Waals surface area contributed by atoms with Gasteiger partial charge in [-0.05, 0) is 64.7 Å². The molecule has 1 aliphatic carbocycles. The van der Waals surface area contributed by atoms with E-state index < -0.39 is 0 Å². The van der Waals surface area contributed by atoms with Crippen LogP contribution in [0.4, 0.5) is 0 Å². The Balaban J connectivity index is 1.29. The Kier molecular flexibility index (Phi) is 4.36. The lowest BCUT2D eigenvalue weighted by Crippen LogP contribution is -2.04. The van der Waals surface area contributed by atoms with E-state index in [9.17, 15) is 0 Å². The number of fused-ring (bicyclic) bond motifs is 11. The first-order valence-electron chi connectivity index (χ1n) is 13.2. The number of nitrogens with one attached hydrogen (secondary N) is 2. The van der Waals surface area contributed by atoms with Crippen molar-refractivity contribution in [3.8, 4) is 22.4 Å². The molecule has 0 amide bonds. The van der Waals surface area contributed by atoms with E-state index in [-0.39, 0.29) is 0 Å². The molecule has 0 saturated carbocycles. The van der Waals surface area contributed by atoms with Gasteiger partial charge in [-0.15, -0.1) is 0 Å². The summed E-state index contributed by atoms with van der Waals surface area (Å²) in [4.78, 5) is 18.0. The predicted molar refractivity (Wildman–Crippen MR) is 153 cm³/mol. The number of benzene rings is 4. The van der Waals surface area contributed by atoms with Gasteiger partial charge in [0.1, 0.15) is 17.2 Å². The molecule has 3 aromatic heterocycles. The van der Waals surface area contributed by atoms with Crippen LogP contribution in [0.1, 0.15) is 42.7 Å². The SMILES string of the molecule is Cc1nc2c3ccc(-c4ccc5c6c(ccc5c4)-c4nc(C(C)C)[nH]c4CC6)cc3c3c[nH]ncc3c2n1. The fourth-order valence-electron chi connectivity index (χ4n) is 6.17. The van der Waals surface area contributed by atoms with Crippen LogP contribution in [-0.4, -0.2) is 30.1 Å². The maximum Gasteiger partial charge on any atom is 0.126 e. The normalized spacial score (nSPS) is 13.2. The maximum atomic E-state index is 4.97. The summed E-state index contributed by atoms with van der Waals surface area (Å²) in [5.41, 5.74) is 9.31. The molecule has 7 aromatic rings. The molecular weight excluding hydrogens is 468 g/mol. The third kappa shape index (κ3) is 3.00. The van der Waals surface area contributed by atoms with Crippen LogP contribution < -0.4 is 0 Å². The average Bonchev–Trinajstić information content (AvgIpc) is 3.56. The maximum absolute atomic E-state index is 4.97. The highest BCUT2D eigenvalue weighted by Crippen LogP contribution is 2.39. The van der Waals surface area contributed by atoms with E-state index >= 15 is 0 Å². The van der Waals surface area contributed by atoms with Crippen LogP contribution >= 0.6 is 0 Å². The molecule has 0 bridgehead atoms. The van der Waals surface area contributed by atoms with Crippen molar-refractivity contribution in [1.82, 2.24) is 30.1 Å². The van der Waals surface area contributed by atoms with Crippen molar-refractivity contribution in [3.63, 3.8) is 0 Å². The molecule has 0 fully saturated rings. The third-order valence-electron chi connectivity index (χ3n) is 8.05. The van der Waals surface area contributed by atoms with Gasteiger partial charge in [0.05, 0.1) is 17.4 Å². The van der Waals surface area contributed by atoms with Gasteiger partial charge < -0.3 is 4.98 Å². The minimum Gasteiger partial charge on any atom is -0.345 e. The van der Waals surface area contributed by atoms with Crippen LogP contribution in [0.15, 0.2) is 60.9 Å². The van der Waals surface area contributed by atoms with Gasteiger partial charge in [0.2, 0.25) is 0 Å². The molecule has 0 aliphatic heterocycles. The first-order valence-corrected chi connectivity index (χ1v) is 13.2. The minimum atomic E-state index is 0.395. The van der Waals surface area contributed by atoms with Gasteiger partial charge in [-0.25, -0.2) is 15.0 Å². The molecular formula is C32H26N6. The summed E-state index contributed by atoms with van der Waals surface area (Å²) < 4.78 is 0. The standard InChI is InChI=1S/C32H26N6/c1-16(2)32-37-28-11-10-22-21-7-4-18(12-20(21)6-9-23(22)29(28)38-32)19-5-8-24-25(13-19)26-14-33-34-15-27(26)31-30(24)35-17(3)36-31/h4-9,12-16,33H,10-11H2,1-3H3,(H,37,38). The molecule has 0 unspecified atom stereocenters. The molecule has 0 atom stereocenters. The van der Waals surface area contributed by atoms with Crippen LogP contribution in [0.2, 0.25) is 0 Å². The van der Waals surface area contributed by atoms with Gasteiger partial charge in [0, 0.05) is 39.5 Å². The van der Waals surface area contributed by atoms with E-state index in [0.717, 1.165) is 62.8 Å². The highest BCUT2D eigenvalue weighted by Gasteiger charge is 2.23. The van der Waals surface area contributed by atoms with Crippen molar-refractivity contribution in [1.29, 1.82) is 0 Å². The van der Waals surface area contributed by atoms with Gasteiger partial charge >= 0.3 is 0 Å². The summed E-state index contributed by atoms with van der Waals surface area (Å²) in [6, 6.07) is 18.0. The Morgan fingerprint density at radius 2 is 1.55 bits per heavy atom. The van der Waals surface area contributed by atoms with Crippen molar-refractivity contribution < 1.29 is 0 Å². The molecule has 6 heteroatoms. The number of H-pyrrole nitrogens is 2. The second-order valence-corrected chi connectivity index (χ2v) is 10.7. The number of aromatic nitrogens is 6. The summed E-state index contributed by atoms with van der Waals surface area (Å²) in [5.74, 6) is 2.26. The lowest BCUT2D eigenvalue weighted by Gasteiger charge is -2.18. The van der Waals surface area contributed by atoms with E-state index in [1.807, 2.05) is 19.3 Å². The van der Waals surface area contributed by atoms with Crippen molar-refractivity contribution in [2.24, 2.45) is 0 Å². The molecule has 2 N–H and O–H groups in total. The molecule has 4 aromatic carbocycles. The van der Waals surface area contributed by atoms with E-state index in [1.54, 1.807) is 0 Å². The van der Waals surface area contributed by atoms with Crippen LogP contribution in [0.25, 0.3) is 65.7 Å². The van der Waals surface area contributed by atoms with Crippen LogP contribution in [-0.2, 0) is 12.8 Å². The van der Waals surface area contributed by atoms with Crippen molar-refractivity contribution in [3.05, 3.63) is 83.8 Å². The fraction of sp³-hybridized carbons (Fsp3) is 0.188. The summed E-state index contributed by atoms with van der Waals surface area (Å²) in [6.07, 6.45) is 5.85. The molecule has 184 valence electrons. The highest BCUT2D eigenvalue weighted by atomic mass is 15.1. The summed E-state index contributed by atoms with van der Waals surface area (Å²) in [5, 5.41) is 14.3. The summed E-state index contributed by atoms with van der Waals surface area (Å²) in [6.45, 7) is 6.32. The van der Waals surface area contributed by atoms with Gasteiger partial charge in [-0.1, -0.05) is 50.2 Å². The van der Waals surface area contributed by atoms with Gasteiger partial charge in [-0.2, -0.15) is 5.10 Å². The second kappa shape index (κ2) is 7.71. The average molecular weight is 495 g/mol. The second-order valence-electron chi connectivity index (χ2n) is 10.7. The third-order valence-corrected chi connectivity index (χ3v) is 8.05. The fourth-order valence-corrected chi connectivity index (χ4v) is 6.17. The predicted octanol–water partition coefficient (Wildman–Crippen LogP) is 7.40. The highest BCUT2D eigenvalue weighted by molar-refractivity contribution is 6.23. The van der Waals surface area contributed by atoms with Gasteiger partial charge in [-0.3, -0.25) is 5.10 Å². The van der Waals surface area contributed by atoms with Crippen molar-refractivity contribution in [2.45, 2.75) is 39.5 Å². The van der Waals surface area contributed by atoms with Crippen LogP contribution in [0.5, 0.6) is 0 Å². The minimum absolute atomic E-state index is 0.395. The zero-order chi connectivity index (χ0) is 25.5. The van der Waals surface area contributed by atoms with Crippen molar-refractivity contribution in [2.75, 3.05) is 0 Å². The number of hydrogen-bond acceptors (Lipinski definition) is 4. The Hall–Kier alpha value is -4.58. The zero-order valence-corrected chi connectivity index (χ0v) is 21.6. The molecule has 3 heterocycles. The number of aryl methyl sites for hydroxylation is 3. The summed E-state index contributed by atoms with van der Waals surface area (Å²) >= 11 is 0. The molecule has 0 radical (unpaired) electrons. The molecule has 8 rings (SSSR count). The largest absolute Gasteiger partial charge is 0.345 e. The quantitative estimate of drug-likeness (QED) is 0.245. The van der Waals surface area contributed by atoms with Gasteiger partial charge in [0.25, 0.3) is 0 Å². The van der Waals surface area contributed by atoms with E-state index in [1.165, 1.54) is 38.7 Å². The first kappa shape index (κ1) is 21.5. The summed E-state index contributed by atoms with van der Waals surface area (Å²) in [7, 11) is 0. The Morgan fingerprint density at radius 1 is 0.763 bits per heavy atom. The number of imidazole rings is 2. The van der Waals surface area contributed by atoms with E-state index in [4.69, 9.17) is 15.0 Å². The van der Waals surface area contributed by atoms with E-state index in [2.05, 4.69) is 77.6 Å². The van der Waals surface area contributed by atoms with Crippen LogP contribution in [0.3, 0.4) is 0 Å². The number of hydrogen-bond donors (Lipinski definition) is 2. The lowest BCUT2D eigenvalue weighted by molar-refractivity contribution is 0.787. The molecule has 0 spiro atoms. The van der Waals surface area contributed by atoms with E-state index in [0.29, 0.717) is 5.92 Å². The number of rotatable bonds is 2. The smallest absolute Gasteiger partial charge is 0.126 e. The Bertz CT molecular complexity index is 2080. The monoisotopic (exact) mass is 494 g/mol. The van der Waals surface area contributed by atoms with Gasteiger partial charge in [0.15, 0.2) is 0 Å². The topological polar surface area (TPSA) is 83.1 Å². The zero-order valence-electron chi connectivity index (χ0n) is 21.6. The number of aromatic amines is 2. The van der Waals surface area contributed by atoms with Crippen molar-refractivity contribution >= 4 is 43.4 Å². The first-order chi connectivity index (χ1) is 18.5. The van der Waals surface area contributed by atoms with Crippen LogP contribution in [0, 0.1) is 6.92 Å². The molecule has 6 nitrogen and oxygen atoms in total. The molecule has 0 saturated heterocycles. The Labute approximate surface area is 219 Å². The molecule has 1 aliphatic rings. The Morgan fingerprint density at radius 3 is 2.39 bits per heavy atom. The number of nitrogens with zero attached hydrogens (tertiary/aromatic N) is 4. The lowest BCUT2D eigenvalue weighted by atomic mass is 9.87.